The molecule has 0 bridgehead atoms. The van der Waals surface area contributed by atoms with Gasteiger partial charge in [0.25, 0.3) is 0 Å². The van der Waals surface area contributed by atoms with E-state index in [1.165, 1.54) is 13.2 Å². The highest BCUT2D eigenvalue weighted by atomic mass is 79.9. The number of halogens is 2. The summed E-state index contributed by atoms with van der Waals surface area (Å²) in [6.45, 7) is 0. The molecule has 0 aliphatic heterocycles. The molecule has 0 fully saturated rings. The molecule has 1 heterocycles. The molecule has 0 aliphatic rings. The normalized spacial score (nSPS) is 12.5. The van der Waals surface area contributed by atoms with Crippen LogP contribution in [0, 0.1) is 5.82 Å². The number of nitrogens with two attached hydrogens (primary N) is 1. The lowest BCUT2D eigenvalue weighted by molar-refractivity contribution is 0.385. The Labute approximate surface area is 106 Å². The average Bonchev–Trinajstić information content (AvgIpc) is 2.75. The number of hydrogen-bond donors (Lipinski definition) is 1. The predicted molar refractivity (Wildman–Crippen MR) is 65.4 cm³/mol. The van der Waals surface area contributed by atoms with Crippen LogP contribution in [0.5, 0.6) is 5.75 Å². The summed E-state index contributed by atoms with van der Waals surface area (Å²) in [5.74, 6) is 0.348. The smallest absolute Gasteiger partial charge is 0.165 e. The molecule has 2 N–H and O–H groups in total. The minimum atomic E-state index is -0.464. The number of hydrogen-bond acceptors (Lipinski definition) is 3. The minimum Gasteiger partial charge on any atom is -0.494 e. The molecule has 2 rings (SSSR count). The van der Waals surface area contributed by atoms with Crippen LogP contribution >= 0.6 is 15.9 Å². The second-order valence-electron chi connectivity index (χ2n) is 3.50. The van der Waals surface area contributed by atoms with E-state index in [0.29, 0.717) is 5.76 Å². The summed E-state index contributed by atoms with van der Waals surface area (Å²) in [5.41, 5.74) is 6.75. The van der Waals surface area contributed by atoms with Gasteiger partial charge in [-0.1, -0.05) is 6.07 Å². The van der Waals surface area contributed by atoms with E-state index in [-0.39, 0.29) is 5.75 Å². The Morgan fingerprint density at radius 3 is 2.76 bits per heavy atom. The van der Waals surface area contributed by atoms with Gasteiger partial charge >= 0.3 is 0 Å². The Morgan fingerprint density at radius 1 is 1.41 bits per heavy atom. The molecule has 1 aromatic carbocycles. The van der Waals surface area contributed by atoms with Crippen molar-refractivity contribution in [1.82, 2.24) is 0 Å². The van der Waals surface area contributed by atoms with Crippen LogP contribution in [0.4, 0.5) is 4.39 Å². The molecule has 17 heavy (non-hydrogen) atoms. The maximum absolute atomic E-state index is 13.3. The lowest BCUT2D eigenvalue weighted by atomic mass is 10.1. The van der Waals surface area contributed by atoms with Crippen molar-refractivity contribution in [2.75, 3.05) is 7.11 Å². The van der Waals surface area contributed by atoms with Crippen molar-refractivity contribution >= 4 is 15.9 Å². The van der Waals surface area contributed by atoms with E-state index in [9.17, 15) is 4.39 Å². The van der Waals surface area contributed by atoms with E-state index >= 15 is 0 Å². The zero-order chi connectivity index (χ0) is 12.4. The average molecular weight is 300 g/mol. The van der Waals surface area contributed by atoms with Crippen LogP contribution in [0.3, 0.4) is 0 Å². The topological polar surface area (TPSA) is 48.4 Å². The standard InChI is InChI=1S/C12H11BrFNO2/c1-16-10-6-7(2-3-9(10)14)11(15)12-8(13)4-5-17-12/h2-6,11H,15H2,1H3. The molecular formula is C12H11BrFNO2. The minimum absolute atomic E-state index is 0.167. The Morgan fingerprint density at radius 2 is 2.18 bits per heavy atom. The third-order valence-corrected chi connectivity index (χ3v) is 3.12. The second-order valence-corrected chi connectivity index (χ2v) is 4.36. The number of benzene rings is 1. The molecule has 0 aliphatic carbocycles. The maximum Gasteiger partial charge on any atom is 0.165 e. The van der Waals surface area contributed by atoms with E-state index in [4.69, 9.17) is 14.9 Å². The fourth-order valence-corrected chi connectivity index (χ4v) is 2.00. The molecule has 1 atom stereocenters. The Bertz CT molecular complexity index is 527. The van der Waals surface area contributed by atoms with Crippen LogP contribution in [0.2, 0.25) is 0 Å². The first kappa shape index (κ1) is 12.1. The summed E-state index contributed by atoms with van der Waals surface area (Å²) < 4.78 is 24.2. The van der Waals surface area contributed by atoms with E-state index in [2.05, 4.69) is 15.9 Å². The number of furan rings is 1. The molecule has 0 radical (unpaired) electrons. The Kier molecular flexibility index (Phi) is 3.49. The van der Waals surface area contributed by atoms with Crippen LogP contribution in [0.25, 0.3) is 0 Å². The van der Waals surface area contributed by atoms with Gasteiger partial charge in [0, 0.05) is 0 Å². The van der Waals surface area contributed by atoms with Crippen LogP contribution in [-0.2, 0) is 0 Å². The zero-order valence-electron chi connectivity index (χ0n) is 9.11. The van der Waals surface area contributed by atoms with Gasteiger partial charge in [-0.25, -0.2) is 4.39 Å². The number of rotatable bonds is 3. The van der Waals surface area contributed by atoms with Gasteiger partial charge in [-0.05, 0) is 39.7 Å². The molecule has 0 spiro atoms. The SMILES string of the molecule is COc1cc(C(N)c2occc2Br)ccc1F. The first-order valence-electron chi connectivity index (χ1n) is 4.95. The van der Waals surface area contributed by atoms with Gasteiger partial charge < -0.3 is 14.9 Å². The van der Waals surface area contributed by atoms with Crippen LogP contribution < -0.4 is 10.5 Å². The maximum atomic E-state index is 13.3. The van der Waals surface area contributed by atoms with Crippen LogP contribution in [0.1, 0.15) is 17.4 Å². The molecule has 1 unspecified atom stereocenters. The monoisotopic (exact) mass is 299 g/mol. The van der Waals surface area contributed by atoms with Crippen molar-refractivity contribution in [3.05, 3.63) is 52.1 Å². The molecule has 3 nitrogen and oxygen atoms in total. The van der Waals surface area contributed by atoms with Crippen molar-refractivity contribution in [3.8, 4) is 5.75 Å². The Hall–Kier alpha value is -1.33. The van der Waals surface area contributed by atoms with Gasteiger partial charge in [0.2, 0.25) is 0 Å². The summed E-state index contributed by atoms with van der Waals surface area (Å²) in [7, 11) is 1.41. The van der Waals surface area contributed by atoms with Gasteiger partial charge in [0.05, 0.1) is 23.9 Å². The molecule has 2 aromatic rings. The molecule has 0 saturated carbocycles. The molecule has 0 saturated heterocycles. The third kappa shape index (κ3) is 2.35. The molecule has 90 valence electrons. The highest BCUT2D eigenvalue weighted by Gasteiger charge is 2.17. The fourth-order valence-electron chi connectivity index (χ4n) is 1.55. The molecule has 5 heteroatoms. The van der Waals surface area contributed by atoms with Crippen molar-refractivity contribution in [3.63, 3.8) is 0 Å². The van der Waals surface area contributed by atoms with Crippen LogP contribution in [0.15, 0.2) is 39.4 Å². The summed E-state index contributed by atoms with van der Waals surface area (Å²) >= 11 is 3.34. The van der Waals surface area contributed by atoms with E-state index in [1.54, 1.807) is 24.5 Å². The van der Waals surface area contributed by atoms with Crippen molar-refractivity contribution in [2.24, 2.45) is 5.73 Å². The fraction of sp³-hybridized carbons (Fsp3) is 0.167. The third-order valence-electron chi connectivity index (χ3n) is 2.46. The largest absolute Gasteiger partial charge is 0.494 e. The number of ether oxygens (including phenoxy) is 1. The van der Waals surface area contributed by atoms with Crippen LogP contribution in [-0.4, -0.2) is 7.11 Å². The van der Waals surface area contributed by atoms with Gasteiger partial charge in [-0.15, -0.1) is 0 Å². The summed E-state index contributed by atoms with van der Waals surface area (Å²) in [6.07, 6.45) is 1.54. The van der Waals surface area contributed by atoms with E-state index in [1.807, 2.05) is 0 Å². The Balaban J connectivity index is 2.38. The summed E-state index contributed by atoms with van der Waals surface area (Å²) in [4.78, 5) is 0. The first-order valence-corrected chi connectivity index (χ1v) is 5.74. The predicted octanol–water partition coefficient (Wildman–Crippen LogP) is 3.24. The molecule has 1 aromatic heterocycles. The lowest BCUT2D eigenvalue weighted by Crippen LogP contribution is -2.11. The van der Waals surface area contributed by atoms with Gasteiger partial charge in [-0.3, -0.25) is 0 Å². The zero-order valence-corrected chi connectivity index (χ0v) is 10.7. The lowest BCUT2D eigenvalue weighted by Gasteiger charge is -2.11. The van der Waals surface area contributed by atoms with E-state index < -0.39 is 11.9 Å². The van der Waals surface area contributed by atoms with Gasteiger partial charge in [0.15, 0.2) is 11.6 Å². The highest BCUT2D eigenvalue weighted by Crippen LogP contribution is 2.30. The molecule has 0 amide bonds. The second kappa shape index (κ2) is 4.89. The van der Waals surface area contributed by atoms with Crippen molar-refractivity contribution in [2.45, 2.75) is 6.04 Å². The summed E-state index contributed by atoms with van der Waals surface area (Å²) in [5, 5.41) is 0. The summed E-state index contributed by atoms with van der Waals surface area (Å²) in [6, 6.07) is 5.79. The quantitative estimate of drug-likeness (QED) is 0.946. The first-order chi connectivity index (χ1) is 8.13. The highest BCUT2D eigenvalue weighted by molar-refractivity contribution is 9.10. The number of methoxy groups -OCH3 is 1. The van der Waals surface area contributed by atoms with Gasteiger partial charge in [0.1, 0.15) is 5.76 Å². The molecular weight excluding hydrogens is 289 g/mol. The van der Waals surface area contributed by atoms with Gasteiger partial charge in [-0.2, -0.15) is 0 Å². The van der Waals surface area contributed by atoms with E-state index in [0.717, 1.165) is 10.0 Å². The van der Waals surface area contributed by atoms with Crippen molar-refractivity contribution < 1.29 is 13.5 Å². The van der Waals surface area contributed by atoms with Crippen molar-refractivity contribution in [1.29, 1.82) is 0 Å².